The summed E-state index contributed by atoms with van der Waals surface area (Å²) in [7, 11) is 0. The molecule has 0 aliphatic carbocycles. The smallest absolute Gasteiger partial charge is 0.416 e. The summed E-state index contributed by atoms with van der Waals surface area (Å²) in [5.74, 6) is 0.263. The Morgan fingerprint density at radius 3 is 2.50 bits per heavy atom. The highest BCUT2D eigenvalue weighted by Gasteiger charge is 2.35. The molecule has 1 saturated heterocycles. The maximum atomic E-state index is 12.4. The quantitative estimate of drug-likeness (QED) is 0.844. The van der Waals surface area contributed by atoms with Crippen LogP contribution in [0, 0.1) is 0 Å². The number of rotatable bonds is 2. The fourth-order valence-corrected chi connectivity index (χ4v) is 1.57. The minimum atomic E-state index is -4.32. The van der Waals surface area contributed by atoms with E-state index in [-0.39, 0.29) is 11.4 Å². The van der Waals surface area contributed by atoms with Crippen LogP contribution in [0.25, 0.3) is 0 Å². The Labute approximate surface area is 91.4 Å². The SMILES string of the molecule is CC1(Oc2cccc(C(F)(F)F)c2)CNC1. The first-order valence-corrected chi connectivity index (χ1v) is 4.96. The van der Waals surface area contributed by atoms with Gasteiger partial charge in [-0.05, 0) is 25.1 Å². The van der Waals surface area contributed by atoms with Crippen LogP contribution in [0.15, 0.2) is 24.3 Å². The molecule has 1 aromatic rings. The number of halogens is 3. The monoisotopic (exact) mass is 231 g/mol. The van der Waals surface area contributed by atoms with Crippen LogP contribution in [0.4, 0.5) is 13.2 Å². The standard InChI is InChI=1S/C11H12F3NO/c1-10(6-15-7-10)16-9-4-2-3-8(5-9)11(12,13)14/h2-5,15H,6-7H2,1H3. The Bertz CT molecular complexity index is 385. The molecule has 0 unspecified atom stereocenters. The highest BCUT2D eigenvalue weighted by atomic mass is 19.4. The summed E-state index contributed by atoms with van der Waals surface area (Å²) in [4.78, 5) is 0. The van der Waals surface area contributed by atoms with E-state index in [4.69, 9.17) is 4.74 Å². The predicted octanol–water partition coefficient (Wildman–Crippen LogP) is 2.45. The molecule has 0 saturated carbocycles. The molecule has 5 heteroatoms. The maximum Gasteiger partial charge on any atom is 0.416 e. The van der Waals surface area contributed by atoms with Gasteiger partial charge in [0.15, 0.2) is 0 Å². The molecule has 0 atom stereocenters. The molecule has 16 heavy (non-hydrogen) atoms. The van der Waals surface area contributed by atoms with Crippen molar-refractivity contribution in [2.45, 2.75) is 18.7 Å². The van der Waals surface area contributed by atoms with Crippen LogP contribution in [0.2, 0.25) is 0 Å². The van der Waals surface area contributed by atoms with Crippen LogP contribution >= 0.6 is 0 Å². The lowest BCUT2D eigenvalue weighted by molar-refractivity contribution is -0.137. The van der Waals surface area contributed by atoms with E-state index in [1.54, 1.807) is 6.07 Å². The van der Waals surface area contributed by atoms with Gasteiger partial charge in [0.2, 0.25) is 0 Å². The Morgan fingerprint density at radius 2 is 2.00 bits per heavy atom. The normalized spacial score (nSPS) is 19.0. The van der Waals surface area contributed by atoms with Gasteiger partial charge in [-0.25, -0.2) is 0 Å². The van der Waals surface area contributed by atoms with Crippen molar-refractivity contribution in [3.05, 3.63) is 29.8 Å². The minimum absolute atomic E-state index is 0.263. The molecule has 0 spiro atoms. The van der Waals surface area contributed by atoms with Crippen molar-refractivity contribution in [3.8, 4) is 5.75 Å². The first kappa shape index (κ1) is 11.3. The second kappa shape index (κ2) is 3.66. The fraction of sp³-hybridized carbons (Fsp3) is 0.455. The van der Waals surface area contributed by atoms with Crippen LogP contribution in [0.5, 0.6) is 5.75 Å². The summed E-state index contributed by atoms with van der Waals surface area (Å²) in [6.45, 7) is 3.18. The van der Waals surface area contributed by atoms with Gasteiger partial charge in [-0.15, -0.1) is 0 Å². The van der Waals surface area contributed by atoms with Crippen molar-refractivity contribution in [3.63, 3.8) is 0 Å². The van der Waals surface area contributed by atoms with Gasteiger partial charge in [0.1, 0.15) is 11.4 Å². The second-order valence-corrected chi connectivity index (χ2v) is 4.18. The summed E-state index contributed by atoms with van der Waals surface area (Å²) in [5.41, 5.74) is -1.06. The minimum Gasteiger partial charge on any atom is -0.485 e. The molecule has 1 fully saturated rings. The molecule has 1 heterocycles. The van der Waals surface area contributed by atoms with Gasteiger partial charge in [0.25, 0.3) is 0 Å². The van der Waals surface area contributed by atoms with Gasteiger partial charge in [0, 0.05) is 13.1 Å². The van der Waals surface area contributed by atoms with Crippen LogP contribution in [0.3, 0.4) is 0 Å². The summed E-state index contributed by atoms with van der Waals surface area (Å²) < 4.78 is 42.8. The van der Waals surface area contributed by atoms with Crippen molar-refractivity contribution < 1.29 is 17.9 Å². The zero-order valence-corrected chi connectivity index (χ0v) is 8.77. The number of ether oxygens (including phenoxy) is 1. The number of benzene rings is 1. The Morgan fingerprint density at radius 1 is 1.31 bits per heavy atom. The van der Waals surface area contributed by atoms with Gasteiger partial charge >= 0.3 is 6.18 Å². The van der Waals surface area contributed by atoms with E-state index in [1.165, 1.54) is 6.07 Å². The van der Waals surface area contributed by atoms with Crippen LogP contribution in [-0.4, -0.2) is 18.7 Å². The average Bonchev–Trinajstić information content (AvgIpc) is 2.14. The highest BCUT2D eigenvalue weighted by molar-refractivity contribution is 5.31. The van der Waals surface area contributed by atoms with Gasteiger partial charge in [-0.1, -0.05) is 6.07 Å². The largest absolute Gasteiger partial charge is 0.485 e. The Kier molecular flexibility index (Phi) is 2.58. The van der Waals surface area contributed by atoms with Crippen molar-refractivity contribution >= 4 is 0 Å². The lowest BCUT2D eigenvalue weighted by Gasteiger charge is -2.39. The highest BCUT2D eigenvalue weighted by Crippen LogP contribution is 2.32. The third-order valence-corrected chi connectivity index (χ3v) is 2.52. The zero-order chi connectivity index (χ0) is 11.8. The number of hydrogen-bond donors (Lipinski definition) is 1. The van der Waals surface area contributed by atoms with Crippen LogP contribution < -0.4 is 10.1 Å². The Balaban J connectivity index is 2.16. The van der Waals surface area contributed by atoms with E-state index in [9.17, 15) is 13.2 Å². The molecule has 1 N–H and O–H groups in total. The van der Waals surface area contributed by atoms with Crippen molar-refractivity contribution in [2.75, 3.05) is 13.1 Å². The molecule has 1 aromatic carbocycles. The summed E-state index contributed by atoms with van der Waals surface area (Å²) in [6.07, 6.45) is -4.32. The zero-order valence-electron chi connectivity index (χ0n) is 8.77. The third-order valence-electron chi connectivity index (χ3n) is 2.52. The number of nitrogens with one attached hydrogen (secondary N) is 1. The van der Waals surface area contributed by atoms with Crippen molar-refractivity contribution in [2.24, 2.45) is 0 Å². The fourth-order valence-electron chi connectivity index (χ4n) is 1.57. The van der Waals surface area contributed by atoms with Gasteiger partial charge in [-0.2, -0.15) is 13.2 Å². The first-order valence-electron chi connectivity index (χ1n) is 4.96. The van der Waals surface area contributed by atoms with Gasteiger partial charge in [-0.3, -0.25) is 0 Å². The lowest BCUT2D eigenvalue weighted by atomic mass is 10.00. The molecule has 0 bridgehead atoms. The third kappa shape index (κ3) is 2.29. The molecule has 0 radical (unpaired) electrons. The van der Waals surface area contributed by atoms with Crippen molar-refractivity contribution in [1.29, 1.82) is 0 Å². The molecule has 2 nitrogen and oxygen atoms in total. The summed E-state index contributed by atoms with van der Waals surface area (Å²) in [6, 6.07) is 4.96. The predicted molar refractivity (Wildman–Crippen MR) is 53.3 cm³/mol. The molecular weight excluding hydrogens is 219 g/mol. The van der Waals surface area contributed by atoms with E-state index >= 15 is 0 Å². The maximum absolute atomic E-state index is 12.4. The number of alkyl halides is 3. The first-order chi connectivity index (χ1) is 7.39. The van der Waals surface area contributed by atoms with E-state index in [0.29, 0.717) is 13.1 Å². The molecule has 0 amide bonds. The van der Waals surface area contributed by atoms with E-state index in [2.05, 4.69) is 5.32 Å². The lowest BCUT2D eigenvalue weighted by Crippen LogP contribution is -2.61. The van der Waals surface area contributed by atoms with E-state index in [1.807, 2.05) is 6.92 Å². The van der Waals surface area contributed by atoms with Crippen molar-refractivity contribution in [1.82, 2.24) is 5.32 Å². The molecule has 1 aliphatic rings. The second-order valence-electron chi connectivity index (χ2n) is 4.18. The summed E-state index contributed by atoms with van der Waals surface area (Å²) >= 11 is 0. The topological polar surface area (TPSA) is 21.3 Å². The Hall–Kier alpha value is -1.23. The molecule has 0 aromatic heterocycles. The molecule has 1 aliphatic heterocycles. The summed E-state index contributed by atoms with van der Waals surface area (Å²) in [5, 5.41) is 3.02. The number of hydrogen-bond acceptors (Lipinski definition) is 2. The van der Waals surface area contributed by atoms with Crippen LogP contribution in [0.1, 0.15) is 12.5 Å². The van der Waals surface area contributed by atoms with E-state index < -0.39 is 11.7 Å². The van der Waals surface area contributed by atoms with E-state index in [0.717, 1.165) is 12.1 Å². The van der Waals surface area contributed by atoms with Gasteiger partial charge in [0.05, 0.1) is 5.56 Å². The van der Waals surface area contributed by atoms with Gasteiger partial charge < -0.3 is 10.1 Å². The molecule has 2 rings (SSSR count). The van der Waals surface area contributed by atoms with Crippen LogP contribution in [-0.2, 0) is 6.18 Å². The average molecular weight is 231 g/mol. The molecule has 88 valence electrons. The molecular formula is C11H12F3NO.